The highest BCUT2D eigenvalue weighted by Crippen LogP contribution is 2.41. The number of hydrogen-bond donors (Lipinski definition) is 2. The predicted molar refractivity (Wildman–Crippen MR) is 122 cm³/mol. The Labute approximate surface area is 188 Å². The summed E-state index contributed by atoms with van der Waals surface area (Å²) in [4.78, 5) is 16.1. The van der Waals surface area contributed by atoms with Gasteiger partial charge < -0.3 is 19.9 Å². The highest BCUT2D eigenvalue weighted by atomic mass is 32.1. The second kappa shape index (κ2) is 10.1. The fourth-order valence-corrected chi connectivity index (χ4v) is 3.90. The van der Waals surface area contributed by atoms with E-state index in [1.807, 2.05) is 24.3 Å². The van der Waals surface area contributed by atoms with Gasteiger partial charge in [0.2, 0.25) is 11.2 Å². The zero-order valence-electron chi connectivity index (χ0n) is 17.3. The summed E-state index contributed by atoms with van der Waals surface area (Å²) in [7, 11) is 1.58. The molecule has 3 aromatic rings. The van der Waals surface area contributed by atoms with Gasteiger partial charge in [-0.1, -0.05) is 0 Å². The Kier molecular flexibility index (Phi) is 7.06. The lowest BCUT2D eigenvalue weighted by atomic mass is 10.1. The van der Waals surface area contributed by atoms with Crippen molar-refractivity contribution in [1.82, 2.24) is 0 Å². The van der Waals surface area contributed by atoms with E-state index < -0.39 is 17.4 Å². The number of nitrogens with one attached hydrogen (secondary N) is 1. The quantitative estimate of drug-likeness (QED) is 0.207. The number of nitriles is 1. The minimum Gasteiger partial charge on any atom is -0.500 e. The van der Waals surface area contributed by atoms with Crippen LogP contribution in [0.4, 0.5) is 11.4 Å². The van der Waals surface area contributed by atoms with E-state index in [0.29, 0.717) is 22.7 Å². The number of ether oxygens (including phenoxy) is 2. The van der Waals surface area contributed by atoms with Gasteiger partial charge in [0.25, 0.3) is 0 Å². The van der Waals surface area contributed by atoms with Gasteiger partial charge in [-0.3, -0.25) is 0 Å². The lowest BCUT2D eigenvalue weighted by Crippen LogP contribution is -2.07. The minimum absolute atomic E-state index is 0.0586. The molecule has 0 fully saturated rings. The first-order valence-corrected chi connectivity index (χ1v) is 10.3. The molecular formula is C23H19N4O4S+. The fourth-order valence-electron chi connectivity index (χ4n) is 2.83. The molecule has 0 unspecified atom stereocenters. The summed E-state index contributed by atoms with van der Waals surface area (Å²) < 4.78 is 10.1. The highest BCUT2D eigenvalue weighted by Gasteiger charge is 2.33. The maximum Gasteiger partial charge on any atom is 0.510 e. The SMILES string of the molecule is CCOC(=O)/C([N+]#N)=C(\O)c1sc(-c2ccc(OC)cc2)cc1Nc1ccc(C#N)cc1. The maximum atomic E-state index is 12.1. The number of carbonyl (C=O) groups is 1. The number of rotatable bonds is 7. The third kappa shape index (κ3) is 4.86. The summed E-state index contributed by atoms with van der Waals surface area (Å²) >= 11 is 1.20. The molecule has 1 aromatic heterocycles. The molecule has 2 aromatic carbocycles. The summed E-state index contributed by atoms with van der Waals surface area (Å²) in [6, 6.07) is 18.0. The number of esters is 1. The number of aliphatic hydroxyl groups is 1. The van der Waals surface area contributed by atoms with Crippen molar-refractivity contribution in [2.24, 2.45) is 0 Å². The Morgan fingerprint density at radius 1 is 1.19 bits per heavy atom. The van der Waals surface area contributed by atoms with Gasteiger partial charge in [-0.05, 0) is 67.1 Å². The summed E-state index contributed by atoms with van der Waals surface area (Å²) in [5, 5.41) is 32.3. The van der Waals surface area contributed by atoms with E-state index in [4.69, 9.17) is 14.7 Å². The van der Waals surface area contributed by atoms with E-state index in [9.17, 15) is 15.3 Å². The third-order valence-electron chi connectivity index (χ3n) is 4.41. The van der Waals surface area contributed by atoms with Gasteiger partial charge in [0.15, 0.2) is 4.98 Å². The first-order valence-electron chi connectivity index (χ1n) is 9.52. The monoisotopic (exact) mass is 447 g/mol. The van der Waals surface area contributed by atoms with Crippen LogP contribution in [0.2, 0.25) is 0 Å². The Bertz CT molecular complexity index is 1230. The van der Waals surface area contributed by atoms with Crippen LogP contribution in [-0.4, -0.2) is 24.8 Å². The molecule has 0 aliphatic heterocycles. The Hall–Kier alpha value is -4.34. The first-order chi connectivity index (χ1) is 15.5. The zero-order valence-corrected chi connectivity index (χ0v) is 18.1. The molecule has 160 valence electrons. The van der Waals surface area contributed by atoms with Gasteiger partial charge in [-0.25, -0.2) is 4.79 Å². The van der Waals surface area contributed by atoms with Gasteiger partial charge in [0, 0.05) is 10.6 Å². The van der Waals surface area contributed by atoms with Gasteiger partial charge in [0.05, 0.1) is 31.0 Å². The number of nitrogens with zero attached hydrogens (tertiary/aromatic N) is 3. The molecule has 0 saturated heterocycles. The van der Waals surface area contributed by atoms with Gasteiger partial charge in [-0.15, -0.1) is 11.3 Å². The molecule has 0 radical (unpaired) electrons. The van der Waals surface area contributed by atoms with Crippen molar-refractivity contribution in [2.75, 3.05) is 19.0 Å². The van der Waals surface area contributed by atoms with E-state index in [2.05, 4.69) is 16.4 Å². The molecular weight excluding hydrogens is 428 g/mol. The van der Waals surface area contributed by atoms with Gasteiger partial charge in [0.1, 0.15) is 10.6 Å². The molecule has 0 saturated carbocycles. The normalized spacial score (nSPS) is 11.0. The van der Waals surface area contributed by atoms with E-state index in [0.717, 1.165) is 10.4 Å². The first kappa shape index (κ1) is 22.3. The second-order valence-electron chi connectivity index (χ2n) is 6.41. The van der Waals surface area contributed by atoms with E-state index >= 15 is 0 Å². The van der Waals surface area contributed by atoms with E-state index in [1.54, 1.807) is 44.4 Å². The van der Waals surface area contributed by atoms with Gasteiger partial charge in [-0.2, -0.15) is 5.26 Å². The van der Waals surface area contributed by atoms with E-state index in [1.165, 1.54) is 11.3 Å². The van der Waals surface area contributed by atoms with Crippen LogP contribution in [0.5, 0.6) is 5.75 Å². The number of aliphatic hydroxyl groups excluding tert-OH is 1. The number of thiophene rings is 1. The Balaban J connectivity index is 2.09. The van der Waals surface area contributed by atoms with Crippen LogP contribution >= 0.6 is 11.3 Å². The summed E-state index contributed by atoms with van der Waals surface area (Å²) in [5.41, 5.74) is 1.91. The van der Waals surface area contributed by atoms with Crippen molar-refractivity contribution in [2.45, 2.75) is 6.92 Å². The lowest BCUT2D eigenvalue weighted by molar-refractivity contribution is -0.138. The molecule has 0 aliphatic rings. The van der Waals surface area contributed by atoms with Crippen LogP contribution in [-0.2, 0) is 9.53 Å². The molecule has 32 heavy (non-hydrogen) atoms. The zero-order chi connectivity index (χ0) is 23.1. The lowest BCUT2D eigenvalue weighted by Gasteiger charge is -2.06. The van der Waals surface area contributed by atoms with Crippen molar-refractivity contribution in [1.29, 1.82) is 10.7 Å². The van der Waals surface area contributed by atoms with Crippen LogP contribution in [0.25, 0.3) is 21.2 Å². The maximum absolute atomic E-state index is 12.1. The number of methoxy groups -OCH3 is 1. The molecule has 0 aliphatic carbocycles. The van der Waals surface area contributed by atoms with Gasteiger partial charge >= 0.3 is 11.7 Å². The molecule has 3 rings (SSSR count). The molecule has 2 N–H and O–H groups in total. The molecule has 0 atom stereocenters. The molecule has 0 amide bonds. The average Bonchev–Trinajstić information content (AvgIpc) is 3.24. The van der Waals surface area contributed by atoms with Crippen LogP contribution in [0, 0.1) is 16.7 Å². The van der Waals surface area contributed by atoms with Crippen molar-refractivity contribution in [3.05, 3.63) is 75.7 Å². The van der Waals surface area contributed by atoms with Crippen molar-refractivity contribution in [3.63, 3.8) is 0 Å². The number of anilines is 2. The number of hydrogen-bond acceptors (Lipinski definition) is 8. The summed E-state index contributed by atoms with van der Waals surface area (Å²) in [6.45, 7) is 1.66. The topological polar surface area (TPSA) is 120 Å². The Morgan fingerprint density at radius 3 is 2.44 bits per heavy atom. The molecule has 9 heteroatoms. The molecule has 8 nitrogen and oxygen atoms in total. The Morgan fingerprint density at radius 2 is 1.88 bits per heavy atom. The largest absolute Gasteiger partial charge is 0.510 e. The van der Waals surface area contributed by atoms with Crippen LogP contribution in [0.1, 0.15) is 17.4 Å². The minimum atomic E-state index is -0.948. The highest BCUT2D eigenvalue weighted by molar-refractivity contribution is 7.17. The van der Waals surface area contributed by atoms with E-state index in [-0.39, 0.29) is 11.5 Å². The summed E-state index contributed by atoms with van der Waals surface area (Å²) in [5.74, 6) is -0.768. The number of carbonyl (C=O) groups excluding carboxylic acids is 1. The van der Waals surface area contributed by atoms with Crippen LogP contribution < -0.4 is 10.1 Å². The standard InChI is InChI=1S/C23H18N4O4S/c1-3-31-23(29)20(27-25)21(28)22-18(26-16-8-4-14(13-24)5-9-16)12-19(32-22)15-6-10-17(30-2)11-7-15/h4-12H,3H2,1-2H3,(H-,26,28,29)/p+1. The second-order valence-corrected chi connectivity index (χ2v) is 7.47. The number of benzene rings is 2. The van der Waals surface area contributed by atoms with Crippen molar-refractivity contribution >= 4 is 34.4 Å². The average molecular weight is 447 g/mol. The van der Waals surface area contributed by atoms with Crippen LogP contribution in [0.3, 0.4) is 0 Å². The van der Waals surface area contributed by atoms with Crippen molar-refractivity contribution in [3.8, 4) is 22.3 Å². The number of diazo groups is 1. The molecule has 1 heterocycles. The molecule has 0 spiro atoms. The fraction of sp³-hybridized carbons (Fsp3) is 0.130. The third-order valence-corrected chi connectivity index (χ3v) is 5.60. The van der Waals surface area contributed by atoms with Crippen molar-refractivity contribution < 1.29 is 19.4 Å². The van der Waals surface area contributed by atoms with Crippen LogP contribution in [0.15, 0.2) is 60.3 Å². The summed E-state index contributed by atoms with van der Waals surface area (Å²) in [6.07, 6.45) is 0. The molecule has 0 bridgehead atoms. The predicted octanol–water partition coefficient (Wildman–Crippen LogP) is 5.68. The smallest absolute Gasteiger partial charge is 0.500 e.